The van der Waals surface area contributed by atoms with Crippen molar-refractivity contribution in [2.24, 2.45) is 5.73 Å². The maximum absolute atomic E-state index is 11.5. The second-order valence-electron chi connectivity index (χ2n) is 3.38. The Morgan fingerprint density at radius 1 is 1.50 bits per heavy atom. The molecule has 0 bridgehead atoms. The summed E-state index contributed by atoms with van der Waals surface area (Å²) in [5.41, 5.74) is 6.64. The summed E-state index contributed by atoms with van der Waals surface area (Å²) in [4.78, 5) is 13.1. The Kier molecular flexibility index (Phi) is 4.09. The van der Waals surface area contributed by atoms with E-state index in [1.165, 1.54) is 4.90 Å². The molecule has 4 nitrogen and oxygen atoms in total. The Morgan fingerprint density at radius 3 is 2.62 bits per heavy atom. The lowest BCUT2D eigenvalue weighted by Gasteiger charge is -2.14. The van der Waals surface area contributed by atoms with Gasteiger partial charge in [-0.15, -0.1) is 0 Å². The van der Waals surface area contributed by atoms with Crippen molar-refractivity contribution in [1.82, 2.24) is 4.90 Å². The molecule has 0 heterocycles. The first-order valence-electron chi connectivity index (χ1n) is 4.49. The summed E-state index contributed by atoms with van der Waals surface area (Å²) < 4.78 is 0. The molecule has 0 saturated heterocycles. The Morgan fingerprint density at radius 2 is 2.12 bits per heavy atom. The summed E-state index contributed by atoms with van der Waals surface area (Å²) in [6.07, 6.45) is 0. The highest BCUT2D eigenvalue weighted by molar-refractivity contribution is 7.80. The second kappa shape index (κ2) is 5.14. The molecule has 0 aliphatic heterocycles. The molecule has 1 aromatic rings. The molecule has 16 heavy (non-hydrogen) atoms. The largest absolute Gasteiger partial charge is 0.389 e. The van der Waals surface area contributed by atoms with Crippen LogP contribution in [0.2, 0.25) is 5.02 Å². The predicted octanol–water partition coefficient (Wildman–Crippen LogP) is 2.07. The summed E-state index contributed by atoms with van der Waals surface area (Å²) >= 11 is 10.7. The Hall–Kier alpha value is -1.33. The van der Waals surface area contributed by atoms with E-state index in [9.17, 15) is 4.79 Å². The van der Waals surface area contributed by atoms with Crippen molar-refractivity contribution in [1.29, 1.82) is 0 Å². The second-order valence-corrected chi connectivity index (χ2v) is 4.25. The average molecular weight is 258 g/mol. The summed E-state index contributed by atoms with van der Waals surface area (Å²) in [6.45, 7) is 0. The number of urea groups is 1. The van der Waals surface area contributed by atoms with Crippen LogP contribution in [0.25, 0.3) is 0 Å². The molecule has 0 aliphatic carbocycles. The van der Waals surface area contributed by atoms with E-state index < -0.39 is 0 Å². The van der Waals surface area contributed by atoms with Gasteiger partial charge in [-0.25, -0.2) is 4.79 Å². The average Bonchev–Trinajstić information content (AvgIpc) is 2.16. The van der Waals surface area contributed by atoms with E-state index in [2.05, 4.69) is 5.32 Å². The highest BCUT2D eigenvalue weighted by Gasteiger charge is 2.10. The van der Waals surface area contributed by atoms with E-state index in [1.807, 2.05) is 0 Å². The van der Waals surface area contributed by atoms with Crippen molar-refractivity contribution in [2.75, 3.05) is 19.4 Å². The zero-order valence-corrected chi connectivity index (χ0v) is 10.5. The third kappa shape index (κ3) is 3.08. The lowest BCUT2D eigenvalue weighted by molar-refractivity contribution is 0.230. The normalized spacial score (nSPS) is 9.69. The molecule has 0 fully saturated rings. The zero-order valence-electron chi connectivity index (χ0n) is 8.95. The molecular weight excluding hydrogens is 246 g/mol. The molecule has 6 heteroatoms. The first-order valence-corrected chi connectivity index (χ1v) is 5.28. The minimum Gasteiger partial charge on any atom is -0.389 e. The van der Waals surface area contributed by atoms with Gasteiger partial charge in [0.05, 0.1) is 5.69 Å². The minimum absolute atomic E-state index is 0.214. The number of carbonyl (C=O) groups excluding carboxylic acids is 1. The van der Waals surface area contributed by atoms with Gasteiger partial charge in [0.2, 0.25) is 0 Å². The maximum atomic E-state index is 11.5. The lowest BCUT2D eigenvalue weighted by atomic mass is 10.2. The van der Waals surface area contributed by atoms with Crippen LogP contribution in [-0.2, 0) is 0 Å². The Balaban J connectivity index is 3.06. The minimum atomic E-state index is -0.264. The highest BCUT2D eigenvalue weighted by atomic mass is 35.5. The lowest BCUT2D eigenvalue weighted by Crippen LogP contribution is -2.28. The van der Waals surface area contributed by atoms with Gasteiger partial charge in [-0.05, 0) is 18.2 Å². The number of halogens is 1. The van der Waals surface area contributed by atoms with Crippen LogP contribution in [-0.4, -0.2) is 30.0 Å². The number of nitrogens with zero attached hydrogens (tertiary/aromatic N) is 1. The van der Waals surface area contributed by atoms with Gasteiger partial charge in [-0.2, -0.15) is 0 Å². The van der Waals surface area contributed by atoms with Gasteiger partial charge in [-0.1, -0.05) is 23.8 Å². The quantitative estimate of drug-likeness (QED) is 0.798. The molecule has 2 amide bonds. The number of anilines is 1. The molecule has 0 unspecified atom stereocenters. The third-order valence-corrected chi connectivity index (χ3v) is 2.35. The van der Waals surface area contributed by atoms with Gasteiger partial charge in [0.15, 0.2) is 0 Å². The Bertz CT molecular complexity index is 434. The summed E-state index contributed by atoms with van der Waals surface area (Å²) in [5, 5.41) is 3.18. The Labute approximate surface area is 104 Å². The maximum Gasteiger partial charge on any atom is 0.321 e. The van der Waals surface area contributed by atoms with Gasteiger partial charge < -0.3 is 16.0 Å². The molecule has 0 aliphatic rings. The van der Waals surface area contributed by atoms with Crippen LogP contribution in [0.5, 0.6) is 0 Å². The number of nitrogens with two attached hydrogens (primary N) is 1. The van der Waals surface area contributed by atoms with E-state index in [4.69, 9.17) is 29.6 Å². The van der Waals surface area contributed by atoms with Crippen LogP contribution >= 0.6 is 23.8 Å². The first kappa shape index (κ1) is 12.7. The first-order chi connectivity index (χ1) is 7.41. The molecule has 0 atom stereocenters. The monoisotopic (exact) mass is 257 g/mol. The van der Waals surface area contributed by atoms with Gasteiger partial charge in [0.1, 0.15) is 4.99 Å². The van der Waals surface area contributed by atoms with E-state index in [0.717, 1.165) is 0 Å². The number of thiocarbonyl (C=S) groups is 1. The standard InChI is InChI=1S/C10H12ClN3OS/c1-14(2)10(15)13-8-5-6(11)3-4-7(8)9(12)16/h3-5H,1-2H3,(H2,12,16)(H,13,15). The van der Waals surface area contributed by atoms with E-state index in [0.29, 0.717) is 16.3 Å². The topological polar surface area (TPSA) is 58.4 Å². The molecule has 0 radical (unpaired) electrons. The van der Waals surface area contributed by atoms with Gasteiger partial charge in [-0.3, -0.25) is 0 Å². The number of carbonyl (C=O) groups is 1. The van der Waals surface area contributed by atoms with Crippen molar-refractivity contribution in [3.05, 3.63) is 28.8 Å². The van der Waals surface area contributed by atoms with E-state index in [-0.39, 0.29) is 11.0 Å². The smallest absolute Gasteiger partial charge is 0.321 e. The summed E-state index contributed by atoms with van der Waals surface area (Å²) in [5.74, 6) is 0. The highest BCUT2D eigenvalue weighted by Crippen LogP contribution is 2.21. The fourth-order valence-electron chi connectivity index (χ4n) is 1.06. The number of nitrogens with one attached hydrogen (secondary N) is 1. The number of hydrogen-bond acceptors (Lipinski definition) is 2. The van der Waals surface area contributed by atoms with Crippen molar-refractivity contribution >= 4 is 40.5 Å². The van der Waals surface area contributed by atoms with Crippen molar-refractivity contribution in [2.45, 2.75) is 0 Å². The number of amides is 2. The van der Waals surface area contributed by atoms with Crippen LogP contribution in [0.4, 0.5) is 10.5 Å². The van der Waals surface area contributed by atoms with Gasteiger partial charge in [0, 0.05) is 24.7 Å². The van der Waals surface area contributed by atoms with E-state index >= 15 is 0 Å². The molecule has 1 aromatic carbocycles. The molecule has 86 valence electrons. The molecule has 0 saturated carbocycles. The number of hydrogen-bond donors (Lipinski definition) is 2. The zero-order chi connectivity index (χ0) is 12.3. The van der Waals surface area contributed by atoms with Crippen LogP contribution in [0.1, 0.15) is 5.56 Å². The van der Waals surface area contributed by atoms with Crippen LogP contribution < -0.4 is 11.1 Å². The molecule has 0 spiro atoms. The fraction of sp³-hybridized carbons (Fsp3) is 0.200. The van der Waals surface area contributed by atoms with Crippen LogP contribution in [0.3, 0.4) is 0 Å². The van der Waals surface area contributed by atoms with Crippen LogP contribution in [0, 0.1) is 0 Å². The van der Waals surface area contributed by atoms with Crippen molar-refractivity contribution in [3.63, 3.8) is 0 Å². The van der Waals surface area contributed by atoms with Gasteiger partial charge in [0.25, 0.3) is 0 Å². The fourth-order valence-corrected chi connectivity index (χ4v) is 1.41. The number of benzene rings is 1. The summed E-state index contributed by atoms with van der Waals surface area (Å²) in [7, 11) is 3.28. The molecule has 3 N–H and O–H groups in total. The van der Waals surface area contributed by atoms with Crippen molar-refractivity contribution < 1.29 is 4.79 Å². The third-order valence-electron chi connectivity index (χ3n) is 1.89. The van der Waals surface area contributed by atoms with Gasteiger partial charge >= 0.3 is 6.03 Å². The van der Waals surface area contributed by atoms with Crippen LogP contribution in [0.15, 0.2) is 18.2 Å². The van der Waals surface area contributed by atoms with Crippen molar-refractivity contribution in [3.8, 4) is 0 Å². The van der Waals surface area contributed by atoms with E-state index in [1.54, 1.807) is 32.3 Å². The summed E-state index contributed by atoms with van der Waals surface area (Å²) in [6, 6.07) is 4.69. The predicted molar refractivity (Wildman–Crippen MR) is 70.0 cm³/mol. The number of rotatable bonds is 2. The molecular formula is C10H12ClN3OS. The molecule has 0 aromatic heterocycles. The SMILES string of the molecule is CN(C)C(=O)Nc1cc(Cl)ccc1C(N)=S. The molecule has 1 rings (SSSR count).